The highest BCUT2D eigenvalue weighted by Gasteiger charge is 2.05. The van der Waals surface area contributed by atoms with Gasteiger partial charge in [-0.1, -0.05) is 36.0 Å². The quantitative estimate of drug-likeness (QED) is 0.593. The van der Waals surface area contributed by atoms with E-state index in [0.717, 1.165) is 10.5 Å². The van der Waals surface area contributed by atoms with Crippen LogP contribution in [0.1, 0.15) is 5.56 Å². The second-order valence-electron chi connectivity index (χ2n) is 2.64. The maximum Gasteiger partial charge on any atom is 0.341 e. The second kappa shape index (κ2) is 4.14. The van der Waals surface area contributed by atoms with Crippen LogP contribution in [0.2, 0.25) is 0 Å². The van der Waals surface area contributed by atoms with Crippen molar-refractivity contribution in [3.05, 3.63) is 41.3 Å². The van der Waals surface area contributed by atoms with E-state index in [2.05, 4.69) is 6.58 Å². The van der Waals surface area contributed by atoms with Crippen molar-refractivity contribution in [2.45, 2.75) is 11.8 Å². The van der Waals surface area contributed by atoms with Gasteiger partial charge in [0.05, 0.1) is 4.91 Å². The molecule has 3 heteroatoms. The third-order valence-electron chi connectivity index (χ3n) is 1.50. The molecule has 0 fully saturated rings. The number of aryl methyl sites for hydroxylation is 1. The minimum Gasteiger partial charge on any atom is -0.477 e. The van der Waals surface area contributed by atoms with Gasteiger partial charge < -0.3 is 5.11 Å². The Morgan fingerprint density at radius 2 is 1.92 bits per heavy atom. The molecule has 0 aliphatic carbocycles. The molecule has 0 saturated heterocycles. The fourth-order valence-electron chi connectivity index (χ4n) is 0.792. The van der Waals surface area contributed by atoms with E-state index in [1.807, 2.05) is 31.2 Å². The van der Waals surface area contributed by atoms with Gasteiger partial charge >= 0.3 is 5.97 Å². The van der Waals surface area contributed by atoms with E-state index >= 15 is 0 Å². The van der Waals surface area contributed by atoms with Gasteiger partial charge in [0, 0.05) is 4.90 Å². The maximum atomic E-state index is 10.5. The zero-order valence-electron chi connectivity index (χ0n) is 7.28. The summed E-state index contributed by atoms with van der Waals surface area (Å²) in [5.74, 6) is -0.967. The molecule has 0 unspecified atom stereocenters. The SMILES string of the molecule is C=C(Sc1ccc(C)cc1)C(=O)O. The Morgan fingerprint density at radius 3 is 2.38 bits per heavy atom. The highest BCUT2D eigenvalue weighted by Crippen LogP contribution is 2.25. The molecule has 0 bridgehead atoms. The summed E-state index contributed by atoms with van der Waals surface area (Å²) in [5, 5.41) is 8.58. The minimum absolute atomic E-state index is 0.142. The molecule has 1 aromatic rings. The third kappa shape index (κ3) is 2.95. The predicted molar refractivity (Wildman–Crippen MR) is 53.8 cm³/mol. The van der Waals surface area contributed by atoms with Crippen LogP contribution in [0.5, 0.6) is 0 Å². The summed E-state index contributed by atoms with van der Waals surface area (Å²) < 4.78 is 0. The van der Waals surface area contributed by atoms with Gasteiger partial charge in [-0.2, -0.15) is 0 Å². The molecule has 2 nitrogen and oxygen atoms in total. The van der Waals surface area contributed by atoms with Crippen LogP contribution < -0.4 is 0 Å². The van der Waals surface area contributed by atoms with Crippen LogP contribution in [0.25, 0.3) is 0 Å². The number of aliphatic carboxylic acids is 1. The van der Waals surface area contributed by atoms with Gasteiger partial charge in [0.1, 0.15) is 0 Å². The normalized spacial score (nSPS) is 9.62. The average molecular weight is 194 g/mol. The monoisotopic (exact) mass is 194 g/mol. The molecule has 1 N–H and O–H groups in total. The van der Waals surface area contributed by atoms with Crippen molar-refractivity contribution in [1.82, 2.24) is 0 Å². The first-order valence-electron chi connectivity index (χ1n) is 3.76. The van der Waals surface area contributed by atoms with Crippen molar-refractivity contribution in [1.29, 1.82) is 0 Å². The lowest BCUT2D eigenvalue weighted by atomic mass is 10.2. The van der Waals surface area contributed by atoms with Crippen LogP contribution in [-0.4, -0.2) is 11.1 Å². The number of carboxylic acids is 1. The Hall–Kier alpha value is -1.22. The van der Waals surface area contributed by atoms with E-state index in [9.17, 15) is 4.79 Å². The van der Waals surface area contributed by atoms with Gasteiger partial charge in [-0.15, -0.1) is 0 Å². The lowest BCUT2D eigenvalue weighted by Crippen LogP contribution is -1.94. The van der Waals surface area contributed by atoms with Crippen molar-refractivity contribution in [3.63, 3.8) is 0 Å². The van der Waals surface area contributed by atoms with Crippen LogP contribution >= 0.6 is 11.8 Å². The topological polar surface area (TPSA) is 37.3 Å². The van der Waals surface area contributed by atoms with Gasteiger partial charge in [0.2, 0.25) is 0 Å². The summed E-state index contributed by atoms with van der Waals surface area (Å²) >= 11 is 1.17. The number of benzene rings is 1. The van der Waals surface area contributed by atoms with Crippen LogP contribution in [0.15, 0.2) is 40.6 Å². The third-order valence-corrected chi connectivity index (χ3v) is 2.43. The average Bonchev–Trinajstić information content (AvgIpc) is 2.08. The minimum atomic E-state index is -0.967. The summed E-state index contributed by atoms with van der Waals surface area (Å²) in [5.41, 5.74) is 1.16. The molecule has 68 valence electrons. The van der Waals surface area contributed by atoms with Crippen LogP contribution in [0, 0.1) is 6.92 Å². The van der Waals surface area contributed by atoms with Crippen LogP contribution in [0.3, 0.4) is 0 Å². The summed E-state index contributed by atoms with van der Waals surface area (Å²) in [4.78, 5) is 11.5. The molecule has 0 aliphatic rings. The van der Waals surface area contributed by atoms with E-state index in [1.54, 1.807) is 0 Å². The zero-order valence-corrected chi connectivity index (χ0v) is 8.10. The number of thioether (sulfide) groups is 1. The molecule has 0 saturated carbocycles. The van der Waals surface area contributed by atoms with Crippen LogP contribution in [-0.2, 0) is 4.79 Å². The van der Waals surface area contributed by atoms with E-state index in [4.69, 9.17) is 5.11 Å². The molecule has 0 aromatic heterocycles. The summed E-state index contributed by atoms with van der Waals surface area (Å²) in [6.45, 7) is 5.42. The van der Waals surface area contributed by atoms with Crippen LogP contribution in [0.4, 0.5) is 0 Å². The lowest BCUT2D eigenvalue weighted by molar-refractivity contribution is -0.131. The lowest BCUT2D eigenvalue weighted by Gasteiger charge is -2.00. The number of carboxylic acid groups (broad SMARTS) is 1. The van der Waals surface area contributed by atoms with E-state index in [0.29, 0.717) is 0 Å². The second-order valence-corrected chi connectivity index (χ2v) is 3.81. The molecule has 0 heterocycles. The zero-order chi connectivity index (χ0) is 9.84. The number of carbonyl (C=O) groups is 1. The van der Waals surface area contributed by atoms with Gasteiger partial charge in [0.25, 0.3) is 0 Å². The summed E-state index contributed by atoms with van der Waals surface area (Å²) in [7, 11) is 0. The Labute approximate surface area is 81.3 Å². The number of hydrogen-bond acceptors (Lipinski definition) is 2. The van der Waals surface area contributed by atoms with Crippen molar-refractivity contribution in [3.8, 4) is 0 Å². The molecule has 0 radical (unpaired) electrons. The molecule has 13 heavy (non-hydrogen) atoms. The Balaban J connectivity index is 2.70. The van der Waals surface area contributed by atoms with Crippen molar-refractivity contribution in [2.24, 2.45) is 0 Å². The fourth-order valence-corrected chi connectivity index (χ4v) is 1.44. The summed E-state index contributed by atoms with van der Waals surface area (Å²) in [6, 6.07) is 7.65. The Kier molecular flexibility index (Phi) is 3.14. The van der Waals surface area contributed by atoms with Crippen molar-refractivity contribution < 1.29 is 9.90 Å². The fraction of sp³-hybridized carbons (Fsp3) is 0.100. The van der Waals surface area contributed by atoms with Crippen molar-refractivity contribution >= 4 is 17.7 Å². The van der Waals surface area contributed by atoms with E-state index in [1.165, 1.54) is 11.8 Å². The molecule has 0 atom stereocenters. The standard InChI is InChI=1S/C10H10O2S/c1-7-3-5-9(6-4-7)13-8(2)10(11)12/h3-6H,2H2,1H3,(H,11,12). The highest BCUT2D eigenvalue weighted by molar-refractivity contribution is 8.04. The first-order chi connectivity index (χ1) is 6.09. The molecule has 0 amide bonds. The molecule has 1 aromatic carbocycles. The van der Waals surface area contributed by atoms with Gasteiger partial charge in [-0.25, -0.2) is 4.79 Å². The maximum absolute atomic E-state index is 10.5. The molecule has 0 spiro atoms. The van der Waals surface area contributed by atoms with Gasteiger partial charge in [0.15, 0.2) is 0 Å². The summed E-state index contributed by atoms with van der Waals surface area (Å²) in [6.07, 6.45) is 0. The predicted octanol–water partition coefficient (Wildman–Crippen LogP) is 2.69. The molecule has 0 aliphatic heterocycles. The smallest absolute Gasteiger partial charge is 0.341 e. The first kappa shape index (κ1) is 9.86. The van der Waals surface area contributed by atoms with Crippen molar-refractivity contribution in [2.75, 3.05) is 0 Å². The first-order valence-corrected chi connectivity index (χ1v) is 4.58. The van der Waals surface area contributed by atoms with E-state index in [-0.39, 0.29) is 4.91 Å². The van der Waals surface area contributed by atoms with Gasteiger partial charge in [-0.3, -0.25) is 0 Å². The Bertz CT molecular complexity index is 327. The van der Waals surface area contributed by atoms with E-state index < -0.39 is 5.97 Å². The molecular weight excluding hydrogens is 184 g/mol. The molecular formula is C10H10O2S. The highest BCUT2D eigenvalue weighted by atomic mass is 32.2. The largest absolute Gasteiger partial charge is 0.477 e. The Morgan fingerprint density at radius 1 is 1.38 bits per heavy atom. The number of hydrogen-bond donors (Lipinski definition) is 1. The number of rotatable bonds is 3. The molecule has 1 rings (SSSR count). The van der Waals surface area contributed by atoms with Gasteiger partial charge in [-0.05, 0) is 19.1 Å².